The zero-order chi connectivity index (χ0) is 16.8. The van der Waals surface area contributed by atoms with E-state index in [1.54, 1.807) is 25.4 Å². The molecule has 3 rings (SSSR count). The van der Waals surface area contributed by atoms with Gasteiger partial charge in [0.25, 0.3) is 0 Å². The number of carbonyl (C=O) groups excluding carboxylic acids is 1. The summed E-state index contributed by atoms with van der Waals surface area (Å²) < 4.78 is 5.34. The third-order valence-electron chi connectivity index (χ3n) is 3.39. The Hall–Kier alpha value is -3.28. The van der Waals surface area contributed by atoms with Crippen molar-refractivity contribution in [1.82, 2.24) is 15.0 Å². The number of hydrogen-bond donors (Lipinski definition) is 1. The van der Waals surface area contributed by atoms with Gasteiger partial charge in [-0.3, -0.25) is 9.78 Å². The molecule has 2 heterocycles. The zero-order valence-corrected chi connectivity index (χ0v) is 13.1. The van der Waals surface area contributed by atoms with Gasteiger partial charge in [-0.2, -0.15) is 0 Å². The Morgan fingerprint density at radius 3 is 2.71 bits per heavy atom. The summed E-state index contributed by atoms with van der Waals surface area (Å²) in [5.74, 6) is 0.965. The van der Waals surface area contributed by atoms with Crippen LogP contribution in [0.3, 0.4) is 0 Å². The second-order valence-electron chi connectivity index (χ2n) is 5.03. The number of pyridine rings is 1. The molecule has 0 spiro atoms. The second-order valence-corrected chi connectivity index (χ2v) is 5.03. The average molecular weight is 320 g/mol. The number of methoxy groups -OCH3 is 1. The SMILES string of the molecule is COc1ccccc1-c1cc(NC(=O)Cc2ccccn2)ncn1. The van der Waals surface area contributed by atoms with Gasteiger partial charge >= 0.3 is 0 Å². The Morgan fingerprint density at radius 2 is 1.92 bits per heavy atom. The lowest BCUT2D eigenvalue weighted by atomic mass is 10.1. The Balaban J connectivity index is 1.77. The Kier molecular flexibility index (Phi) is 4.76. The van der Waals surface area contributed by atoms with Crippen LogP contribution in [0.4, 0.5) is 5.82 Å². The first-order valence-electron chi connectivity index (χ1n) is 7.41. The molecule has 0 aliphatic carbocycles. The summed E-state index contributed by atoms with van der Waals surface area (Å²) in [5, 5.41) is 2.77. The van der Waals surface area contributed by atoms with Crippen molar-refractivity contribution in [2.24, 2.45) is 0 Å². The lowest BCUT2D eigenvalue weighted by molar-refractivity contribution is -0.115. The van der Waals surface area contributed by atoms with Crippen LogP contribution < -0.4 is 10.1 Å². The molecule has 0 radical (unpaired) electrons. The largest absolute Gasteiger partial charge is 0.496 e. The van der Waals surface area contributed by atoms with Crippen LogP contribution >= 0.6 is 0 Å². The van der Waals surface area contributed by atoms with Crippen molar-refractivity contribution in [1.29, 1.82) is 0 Å². The Labute approximate surface area is 139 Å². The molecule has 24 heavy (non-hydrogen) atoms. The average Bonchev–Trinajstić information content (AvgIpc) is 2.62. The number of nitrogens with zero attached hydrogens (tertiary/aromatic N) is 3. The van der Waals surface area contributed by atoms with Crippen LogP contribution in [-0.4, -0.2) is 28.0 Å². The number of hydrogen-bond acceptors (Lipinski definition) is 5. The third kappa shape index (κ3) is 3.73. The first kappa shape index (κ1) is 15.6. The predicted molar refractivity (Wildman–Crippen MR) is 90.6 cm³/mol. The molecule has 1 N–H and O–H groups in total. The van der Waals surface area contributed by atoms with E-state index >= 15 is 0 Å². The number of para-hydroxylation sites is 1. The van der Waals surface area contributed by atoms with E-state index in [2.05, 4.69) is 20.3 Å². The maximum atomic E-state index is 12.1. The molecular weight excluding hydrogens is 304 g/mol. The van der Waals surface area contributed by atoms with Crippen LogP contribution in [-0.2, 0) is 11.2 Å². The summed E-state index contributed by atoms with van der Waals surface area (Å²) in [4.78, 5) is 24.6. The van der Waals surface area contributed by atoms with Crippen molar-refractivity contribution in [3.8, 4) is 17.0 Å². The van der Waals surface area contributed by atoms with E-state index in [1.807, 2.05) is 36.4 Å². The quantitative estimate of drug-likeness (QED) is 0.782. The molecule has 0 aliphatic rings. The van der Waals surface area contributed by atoms with Crippen molar-refractivity contribution in [3.63, 3.8) is 0 Å². The van der Waals surface area contributed by atoms with Crippen molar-refractivity contribution < 1.29 is 9.53 Å². The first-order chi connectivity index (χ1) is 11.8. The van der Waals surface area contributed by atoms with Crippen LogP contribution in [0, 0.1) is 0 Å². The van der Waals surface area contributed by atoms with Gasteiger partial charge in [-0.05, 0) is 24.3 Å². The van der Waals surface area contributed by atoms with Crippen molar-refractivity contribution in [2.45, 2.75) is 6.42 Å². The molecule has 2 aromatic heterocycles. The number of anilines is 1. The van der Waals surface area contributed by atoms with E-state index in [1.165, 1.54) is 6.33 Å². The topological polar surface area (TPSA) is 77.0 Å². The maximum Gasteiger partial charge on any atom is 0.231 e. The highest BCUT2D eigenvalue weighted by Crippen LogP contribution is 2.28. The fraction of sp³-hybridized carbons (Fsp3) is 0.111. The van der Waals surface area contributed by atoms with E-state index in [-0.39, 0.29) is 12.3 Å². The molecule has 120 valence electrons. The molecule has 1 amide bonds. The number of ether oxygens (including phenoxy) is 1. The van der Waals surface area contributed by atoms with Gasteiger partial charge in [0.1, 0.15) is 17.9 Å². The monoisotopic (exact) mass is 320 g/mol. The molecule has 1 aromatic carbocycles. The van der Waals surface area contributed by atoms with Crippen LogP contribution in [0.2, 0.25) is 0 Å². The van der Waals surface area contributed by atoms with E-state index in [9.17, 15) is 4.79 Å². The van der Waals surface area contributed by atoms with Crippen molar-refractivity contribution in [2.75, 3.05) is 12.4 Å². The minimum atomic E-state index is -0.182. The van der Waals surface area contributed by atoms with E-state index in [4.69, 9.17) is 4.74 Å². The summed E-state index contributed by atoms with van der Waals surface area (Å²) >= 11 is 0. The number of carbonyl (C=O) groups is 1. The zero-order valence-electron chi connectivity index (χ0n) is 13.1. The number of nitrogens with one attached hydrogen (secondary N) is 1. The number of benzene rings is 1. The number of amides is 1. The molecule has 0 bridgehead atoms. The summed E-state index contributed by atoms with van der Waals surface area (Å²) in [6.07, 6.45) is 3.26. The van der Waals surface area contributed by atoms with Crippen LogP contribution in [0.25, 0.3) is 11.3 Å². The van der Waals surface area contributed by atoms with Gasteiger partial charge in [0.2, 0.25) is 5.91 Å². The molecular formula is C18H16N4O2. The van der Waals surface area contributed by atoms with E-state index < -0.39 is 0 Å². The lowest BCUT2D eigenvalue weighted by Gasteiger charge is -2.09. The van der Waals surface area contributed by atoms with E-state index in [0.29, 0.717) is 23.0 Å². The molecule has 0 aliphatic heterocycles. The highest BCUT2D eigenvalue weighted by molar-refractivity contribution is 5.91. The predicted octanol–water partition coefficient (Wildman–Crippen LogP) is 2.73. The normalized spacial score (nSPS) is 10.2. The summed E-state index contributed by atoms with van der Waals surface area (Å²) in [7, 11) is 1.61. The highest BCUT2D eigenvalue weighted by Gasteiger charge is 2.10. The van der Waals surface area contributed by atoms with E-state index in [0.717, 1.165) is 5.56 Å². The van der Waals surface area contributed by atoms with Crippen molar-refractivity contribution >= 4 is 11.7 Å². The Bertz CT molecular complexity index is 837. The third-order valence-corrected chi connectivity index (χ3v) is 3.39. The minimum absolute atomic E-state index is 0.182. The summed E-state index contributed by atoms with van der Waals surface area (Å²) in [6, 6.07) is 14.7. The second kappa shape index (κ2) is 7.32. The Morgan fingerprint density at radius 1 is 1.08 bits per heavy atom. The molecule has 0 atom stereocenters. The summed E-state index contributed by atoms with van der Waals surface area (Å²) in [5.41, 5.74) is 2.22. The van der Waals surface area contributed by atoms with Gasteiger partial charge in [0, 0.05) is 23.5 Å². The lowest BCUT2D eigenvalue weighted by Crippen LogP contribution is -2.16. The smallest absolute Gasteiger partial charge is 0.231 e. The molecule has 3 aromatic rings. The molecule has 0 saturated carbocycles. The van der Waals surface area contributed by atoms with Crippen LogP contribution in [0.1, 0.15) is 5.69 Å². The van der Waals surface area contributed by atoms with Gasteiger partial charge in [-0.15, -0.1) is 0 Å². The van der Waals surface area contributed by atoms with Gasteiger partial charge < -0.3 is 10.1 Å². The van der Waals surface area contributed by atoms with Crippen LogP contribution in [0.5, 0.6) is 5.75 Å². The molecule has 0 fully saturated rings. The van der Waals surface area contributed by atoms with Gasteiger partial charge in [0.15, 0.2) is 0 Å². The molecule has 6 heteroatoms. The maximum absolute atomic E-state index is 12.1. The summed E-state index contributed by atoms with van der Waals surface area (Å²) in [6.45, 7) is 0. The minimum Gasteiger partial charge on any atom is -0.496 e. The van der Waals surface area contributed by atoms with Gasteiger partial charge in [0.05, 0.1) is 19.2 Å². The van der Waals surface area contributed by atoms with Crippen LogP contribution in [0.15, 0.2) is 61.1 Å². The van der Waals surface area contributed by atoms with Gasteiger partial charge in [-0.1, -0.05) is 18.2 Å². The fourth-order valence-electron chi connectivity index (χ4n) is 2.28. The fourth-order valence-corrected chi connectivity index (χ4v) is 2.28. The number of rotatable bonds is 5. The highest BCUT2D eigenvalue weighted by atomic mass is 16.5. The van der Waals surface area contributed by atoms with Crippen molar-refractivity contribution in [3.05, 3.63) is 66.7 Å². The molecule has 0 saturated heterocycles. The first-order valence-corrected chi connectivity index (χ1v) is 7.41. The number of aromatic nitrogens is 3. The van der Waals surface area contributed by atoms with Gasteiger partial charge in [-0.25, -0.2) is 9.97 Å². The molecule has 6 nitrogen and oxygen atoms in total. The molecule has 0 unspecified atom stereocenters. The standard InChI is InChI=1S/C18H16N4O2/c1-24-16-8-3-2-7-14(16)15-11-17(21-12-20-15)22-18(23)10-13-6-4-5-9-19-13/h2-9,11-12H,10H2,1H3,(H,20,21,22,23).